The number of fused-ring (bicyclic) bond motifs is 1. The molecule has 27 heavy (non-hydrogen) atoms. The molecule has 140 valence electrons. The average molecular weight is 398 g/mol. The molecule has 1 saturated heterocycles. The summed E-state index contributed by atoms with van der Waals surface area (Å²) in [5.41, 5.74) is 2.30. The highest BCUT2D eigenvalue weighted by atomic mass is 32.2. The number of piperidine rings is 1. The molecular weight excluding hydrogens is 374 g/mol. The summed E-state index contributed by atoms with van der Waals surface area (Å²) in [6, 6.07) is 10.3. The molecule has 2 aromatic heterocycles. The molecule has 4 rings (SSSR count). The molecule has 6 heteroatoms. The van der Waals surface area contributed by atoms with Crippen LogP contribution in [0.25, 0.3) is 21.3 Å². The number of likely N-dealkylation sites (tertiary alicyclic amines) is 1. The second kappa shape index (κ2) is 7.98. The highest BCUT2D eigenvalue weighted by Gasteiger charge is 2.25. The van der Waals surface area contributed by atoms with Gasteiger partial charge in [0.1, 0.15) is 16.2 Å². The second-order valence-corrected chi connectivity index (χ2v) is 9.23. The Morgan fingerprint density at radius 1 is 1.19 bits per heavy atom. The Morgan fingerprint density at radius 2 is 1.93 bits per heavy atom. The standard InChI is InChI=1S/C21H23N3OS2/c1-14-8-15(2)10-24(9-14)18(25)12-27-21-19-17(16-6-4-3-5-7-16)11-26-20(19)22-13-23-21/h3-7,11,13-15H,8-10,12H2,1-2H3. The van der Waals surface area contributed by atoms with E-state index in [1.807, 2.05) is 23.1 Å². The zero-order chi connectivity index (χ0) is 18.8. The molecule has 0 saturated carbocycles. The van der Waals surface area contributed by atoms with Gasteiger partial charge in [-0.3, -0.25) is 4.79 Å². The van der Waals surface area contributed by atoms with Gasteiger partial charge in [0.25, 0.3) is 0 Å². The zero-order valence-electron chi connectivity index (χ0n) is 15.6. The summed E-state index contributed by atoms with van der Waals surface area (Å²) in [4.78, 5) is 24.7. The Kier molecular flexibility index (Phi) is 5.45. The predicted molar refractivity (Wildman–Crippen MR) is 113 cm³/mol. The third-order valence-electron chi connectivity index (χ3n) is 4.97. The highest BCUT2D eigenvalue weighted by molar-refractivity contribution is 8.00. The lowest BCUT2D eigenvalue weighted by Crippen LogP contribution is -2.43. The van der Waals surface area contributed by atoms with Gasteiger partial charge in [-0.2, -0.15) is 0 Å². The SMILES string of the molecule is CC1CC(C)CN(C(=O)CSc2ncnc3scc(-c4ccccc4)c23)C1. The molecule has 2 atom stereocenters. The first-order chi connectivity index (χ1) is 13.1. The van der Waals surface area contributed by atoms with Gasteiger partial charge in [0.2, 0.25) is 5.91 Å². The topological polar surface area (TPSA) is 46.1 Å². The van der Waals surface area contributed by atoms with E-state index in [2.05, 4.69) is 41.3 Å². The molecule has 3 aromatic rings. The maximum Gasteiger partial charge on any atom is 0.233 e. The number of carbonyl (C=O) groups is 1. The van der Waals surface area contributed by atoms with Crippen LogP contribution in [0.4, 0.5) is 0 Å². The first-order valence-electron chi connectivity index (χ1n) is 9.30. The second-order valence-electron chi connectivity index (χ2n) is 7.41. The number of carbonyl (C=O) groups excluding carboxylic acids is 1. The Hall–Kier alpha value is -1.92. The van der Waals surface area contributed by atoms with E-state index in [1.54, 1.807) is 17.7 Å². The third-order valence-corrected chi connectivity index (χ3v) is 6.83. The van der Waals surface area contributed by atoms with Crippen molar-refractivity contribution in [2.24, 2.45) is 11.8 Å². The number of thiophene rings is 1. The molecule has 1 aromatic carbocycles. The van der Waals surface area contributed by atoms with E-state index >= 15 is 0 Å². The van der Waals surface area contributed by atoms with Crippen LogP contribution in [0.15, 0.2) is 47.1 Å². The van der Waals surface area contributed by atoms with Crippen LogP contribution in [0.3, 0.4) is 0 Å². The molecule has 0 aliphatic carbocycles. The summed E-state index contributed by atoms with van der Waals surface area (Å²) in [6.45, 7) is 6.20. The molecule has 3 heterocycles. The van der Waals surface area contributed by atoms with Gasteiger partial charge in [0, 0.05) is 24.0 Å². The largest absolute Gasteiger partial charge is 0.341 e. The maximum atomic E-state index is 12.8. The lowest BCUT2D eigenvalue weighted by atomic mass is 9.92. The van der Waals surface area contributed by atoms with Crippen LogP contribution in [-0.2, 0) is 4.79 Å². The molecule has 2 unspecified atom stereocenters. The number of nitrogens with zero attached hydrogens (tertiary/aromatic N) is 3. The number of hydrogen-bond donors (Lipinski definition) is 0. The number of thioether (sulfide) groups is 1. The molecule has 0 spiro atoms. The molecule has 1 aliphatic rings. The zero-order valence-corrected chi connectivity index (χ0v) is 17.2. The maximum absolute atomic E-state index is 12.8. The van der Waals surface area contributed by atoms with Crippen LogP contribution in [0.2, 0.25) is 0 Å². The monoisotopic (exact) mass is 397 g/mol. The molecule has 1 fully saturated rings. The fourth-order valence-electron chi connectivity index (χ4n) is 3.88. The van der Waals surface area contributed by atoms with Gasteiger partial charge >= 0.3 is 0 Å². The first kappa shape index (κ1) is 18.4. The minimum absolute atomic E-state index is 0.210. The van der Waals surface area contributed by atoms with Crippen LogP contribution in [0.1, 0.15) is 20.3 Å². The van der Waals surface area contributed by atoms with Crippen LogP contribution < -0.4 is 0 Å². The average Bonchev–Trinajstić information content (AvgIpc) is 3.11. The molecule has 0 N–H and O–H groups in total. The van der Waals surface area contributed by atoms with E-state index in [0.717, 1.165) is 39.5 Å². The van der Waals surface area contributed by atoms with Crippen molar-refractivity contribution in [3.05, 3.63) is 42.0 Å². The summed E-state index contributed by atoms with van der Waals surface area (Å²) < 4.78 is 0. The summed E-state index contributed by atoms with van der Waals surface area (Å²) in [6.07, 6.45) is 2.81. The van der Waals surface area contributed by atoms with E-state index in [-0.39, 0.29) is 5.91 Å². The normalized spacial score (nSPS) is 20.1. The van der Waals surface area contributed by atoms with Crippen LogP contribution >= 0.6 is 23.1 Å². The Bertz CT molecular complexity index is 931. The van der Waals surface area contributed by atoms with E-state index < -0.39 is 0 Å². The minimum Gasteiger partial charge on any atom is -0.341 e. The minimum atomic E-state index is 0.210. The number of rotatable bonds is 4. The molecule has 1 amide bonds. The van der Waals surface area contributed by atoms with Crippen molar-refractivity contribution >= 4 is 39.2 Å². The fourth-order valence-corrected chi connectivity index (χ4v) is 5.77. The quantitative estimate of drug-likeness (QED) is 0.461. The predicted octanol–water partition coefficient (Wildman–Crippen LogP) is 4.95. The van der Waals surface area contributed by atoms with Gasteiger partial charge in [0.05, 0.1) is 11.1 Å². The van der Waals surface area contributed by atoms with Crippen molar-refractivity contribution in [1.29, 1.82) is 0 Å². The summed E-state index contributed by atoms with van der Waals surface area (Å²) >= 11 is 3.16. The summed E-state index contributed by atoms with van der Waals surface area (Å²) in [7, 11) is 0. The smallest absolute Gasteiger partial charge is 0.233 e. The van der Waals surface area contributed by atoms with Crippen molar-refractivity contribution < 1.29 is 4.79 Å². The van der Waals surface area contributed by atoms with Crippen molar-refractivity contribution in [3.8, 4) is 11.1 Å². The lowest BCUT2D eigenvalue weighted by Gasteiger charge is -2.35. The van der Waals surface area contributed by atoms with E-state index in [1.165, 1.54) is 18.2 Å². The molecule has 4 nitrogen and oxygen atoms in total. The summed E-state index contributed by atoms with van der Waals surface area (Å²) in [5.74, 6) is 1.79. The van der Waals surface area contributed by atoms with Gasteiger partial charge in [-0.1, -0.05) is 55.9 Å². The molecular formula is C21H23N3OS2. The van der Waals surface area contributed by atoms with Gasteiger partial charge < -0.3 is 4.90 Å². The van der Waals surface area contributed by atoms with Gasteiger partial charge in [-0.15, -0.1) is 11.3 Å². The van der Waals surface area contributed by atoms with E-state index in [0.29, 0.717) is 17.6 Å². The van der Waals surface area contributed by atoms with Crippen LogP contribution in [0.5, 0.6) is 0 Å². The lowest BCUT2D eigenvalue weighted by molar-refractivity contribution is -0.130. The number of hydrogen-bond acceptors (Lipinski definition) is 5. The van der Waals surface area contributed by atoms with Crippen molar-refractivity contribution in [2.45, 2.75) is 25.3 Å². The number of aromatic nitrogens is 2. The van der Waals surface area contributed by atoms with Gasteiger partial charge in [0.15, 0.2) is 0 Å². The van der Waals surface area contributed by atoms with Crippen molar-refractivity contribution in [2.75, 3.05) is 18.8 Å². The molecule has 1 aliphatic heterocycles. The highest BCUT2D eigenvalue weighted by Crippen LogP contribution is 2.37. The van der Waals surface area contributed by atoms with Crippen molar-refractivity contribution in [3.63, 3.8) is 0 Å². The first-order valence-corrected chi connectivity index (χ1v) is 11.2. The Labute approximate surface area is 168 Å². The van der Waals surface area contributed by atoms with Crippen molar-refractivity contribution in [1.82, 2.24) is 14.9 Å². The van der Waals surface area contributed by atoms with E-state index in [4.69, 9.17) is 0 Å². The Balaban J connectivity index is 1.56. The number of amides is 1. The van der Waals surface area contributed by atoms with E-state index in [9.17, 15) is 4.79 Å². The molecule has 0 radical (unpaired) electrons. The van der Waals surface area contributed by atoms with Crippen LogP contribution in [0, 0.1) is 11.8 Å². The van der Waals surface area contributed by atoms with Crippen LogP contribution in [-0.4, -0.2) is 39.6 Å². The van der Waals surface area contributed by atoms with Gasteiger partial charge in [-0.05, 0) is 23.8 Å². The van der Waals surface area contributed by atoms with Gasteiger partial charge in [-0.25, -0.2) is 9.97 Å². The number of benzene rings is 1. The Morgan fingerprint density at radius 3 is 2.67 bits per heavy atom. The summed E-state index contributed by atoms with van der Waals surface area (Å²) in [5, 5.41) is 4.09. The third kappa shape index (κ3) is 4.01. The molecule has 0 bridgehead atoms. The fraction of sp³-hybridized carbons (Fsp3) is 0.381.